The molecule has 0 heterocycles. The highest BCUT2D eigenvalue weighted by Gasteiger charge is 2.11. The summed E-state index contributed by atoms with van der Waals surface area (Å²) in [5, 5.41) is 3.37. The fourth-order valence-corrected chi connectivity index (χ4v) is 1.31. The zero-order valence-corrected chi connectivity index (χ0v) is 7.75. The van der Waals surface area contributed by atoms with Crippen molar-refractivity contribution in [2.45, 2.75) is 25.2 Å². The zero-order chi connectivity index (χ0) is 8.81. The second kappa shape index (κ2) is 5.30. The van der Waals surface area contributed by atoms with Crippen LogP contribution in [-0.2, 0) is 9.47 Å². The standard InChI is InChI=1S/C9H17NO2/c1-11-9(12-2)7-10-8-5-3-4-6-8/h3-4,8-10H,5-7H2,1-2H3. The SMILES string of the molecule is COC(CNC1CC=CC1)OC. The van der Waals surface area contributed by atoms with Crippen LogP contribution in [0.1, 0.15) is 12.8 Å². The topological polar surface area (TPSA) is 30.5 Å². The first kappa shape index (κ1) is 9.71. The third kappa shape index (κ3) is 2.93. The quantitative estimate of drug-likeness (QED) is 0.492. The van der Waals surface area contributed by atoms with Crippen LogP contribution in [0.4, 0.5) is 0 Å². The summed E-state index contributed by atoms with van der Waals surface area (Å²) in [5.41, 5.74) is 0. The predicted octanol–water partition coefficient (Wildman–Crippen LogP) is 0.914. The van der Waals surface area contributed by atoms with Gasteiger partial charge in [0.25, 0.3) is 0 Å². The molecule has 0 aromatic rings. The van der Waals surface area contributed by atoms with Crippen LogP contribution in [0, 0.1) is 0 Å². The van der Waals surface area contributed by atoms with Gasteiger partial charge in [-0.2, -0.15) is 0 Å². The molecule has 12 heavy (non-hydrogen) atoms. The second-order valence-corrected chi connectivity index (χ2v) is 2.95. The van der Waals surface area contributed by atoms with Gasteiger partial charge in [-0.05, 0) is 12.8 Å². The van der Waals surface area contributed by atoms with Crippen LogP contribution in [0.25, 0.3) is 0 Å². The minimum atomic E-state index is -0.120. The monoisotopic (exact) mass is 171 g/mol. The Labute approximate surface area is 73.7 Å². The summed E-state index contributed by atoms with van der Waals surface area (Å²) >= 11 is 0. The molecule has 1 aliphatic carbocycles. The van der Waals surface area contributed by atoms with Crippen molar-refractivity contribution >= 4 is 0 Å². The van der Waals surface area contributed by atoms with Crippen LogP contribution in [0.15, 0.2) is 12.2 Å². The maximum absolute atomic E-state index is 5.05. The number of hydrogen-bond acceptors (Lipinski definition) is 3. The lowest BCUT2D eigenvalue weighted by Gasteiger charge is -2.17. The maximum atomic E-state index is 5.05. The van der Waals surface area contributed by atoms with Crippen LogP contribution in [-0.4, -0.2) is 33.1 Å². The fourth-order valence-electron chi connectivity index (χ4n) is 1.31. The van der Waals surface area contributed by atoms with Crippen LogP contribution in [0.5, 0.6) is 0 Å². The Morgan fingerprint density at radius 2 is 1.92 bits per heavy atom. The molecule has 0 aromatic carbocycles. The molecule has 1 N–H and O–H groups in total. The largest absolute Gasteiger partial charge is 0.355 e. The summed E-state index contributed by atoms with van der Waals surface area (Å²) in [7, 11) is 3.31. The van der Waals surface area contributed by atoms with Gasteiger partial charge in [0, 0.05) is 26.8 Å². The van der Waals surface area contributed by atoms with Crippen molar-refractivity contribution in [3.63, 3.8) is 0 Å². The average Bonchev–Trinajstić information content (AvgIpc) is 2.59. The summed E-state index contributed by atoms with van der Waals surface area (Å²) in [6.07, 6.45) is 6.53. The Bertz CT molecular complexity index is 133. The molecule has 0 unspecified atom stereocenters. The first-order valence-corrected chi connectivity index (χ1v) is 4.30. The summed E-state index contributed by atoms with van der Waals surface area (Å²) in [6.45, 7) is 0.763. The molecule has 3 nitrogen and oxygen atoms in total. The van der Waals surface area contributed by atoms with E-state index in [0.29, 0.717) is 6.04 Å². The molecular weight excluding hydrogens is 154 g/mol. The maximum Gasteiger partial charge on any atom is 0.169 e. The Hall–Kier alpha value is -0.380. The van der Waals surface area contributed by atoms with Gasteiger partial charge in [0.05, 0.1) is 0 Å². The molecule has 1 aliphatic rings. The van der Waals surface area contributed by atoms with E-state index in [2.05, 4.69) is 17.5 Å². The van der Waals surface area contributed by atoms with Gasteiger partial charge in [-0.3, -0.25) is 0 Å². The Kier molecular flexibility index (Phi) is 4.29. The first-order chi connectivity index (χ1) is 5.86. The first-order valence-electron chi connectivity index (χ1n) is 4.30. The highest BCUT2D eigenvalue weighted by molar-refractivity contribution is 4.97. The average molecular weight is 171 g/mol. The highest BCUT2D eigenvalue weighted by atomic mass is 16.7. The van der Waals surface area contributed by atoms with Crippen molar-refractivity contribution in [3.05, 3.63) is 12.2 Å². The molecule has 3 heteroatoms. The molecule has 0 fully saturated rings. The van der Waals surface area contributed by atoms with E-state index < -0.39 is 0 Å². The molecule has 70 valence electrons. The van der Waals surface area contributed by atoms with Gasteiger partial charge in [0.2, 0.25) is 0 Å². The van der Waals surface area contributed by atoms with Crippen LogP contribution in [0.3, 0.4) is 0 Å². The van der Waals surface area contributed by atoms with E-state index >= 15 is 0 Å². The number of hydrogen-bond donors (Lipinski definition) is 1. The summed E-state index contributed by atoms with van der Waals surface area (Å²) < 4.78 is 10.1. The molecule has 0 spiro atoms. The van der Waals surface area contributed by atoms with Crippen molar-refractivity contribution in [2.75, 3.05) is 20.8 Å². The van der Waals surface area contributed by atoms with Crippen molar-refractivity contribution < 1.29 is 9.47 Å². The van der Waals surface area contributed by atoms with Gasteiger partial charge >= 0.3 is 0 Å². The molecular formula is C9H17NO2. The van der Waals surface area contributed by atoms with Crippen molar-refractivity contribution in [1.82, 2.24) is 5.32 Å². The van der Waals surface area contributed by atoms with Gasteiger partial charge in [-0.15, -0.1) is 0 Å². The highest BCUT2D eigenvalue weighted by Crippen LogP contribution is 2.08. The molecule has 0 saturated carbocycles. The van der Waals surface area contributed by atoms with E-state index in [1.165, 1.54) is 0 Å². The molecule has 0 radical (unpaired) electrons. The van der Waals surface area contributed by atoms with Crippen LogP contribution < -0.4 is 5.32 Å². The number of ether oxygens (including phenoxy) is 2. The van der Waals surface area contributed by atoms with E-state index in [1.54, 1.807) is 14.2 Å². The summed E-state index contributed by atoms with van der Waals surface area (Å²) in [4.78, 5) is 0. The third-order valence-corrected chi connectivity index (χ3v) is 2.11. The summed E-state index contributed by atoms with van der Waals surface area (Å²) in [6, 6.07) is 0.581. The molecule has 0 amide bonds. The van der Waals surface area contributed by atoms with Crippen molar-refractivity contribution in [2.24, 2.45) is 0 Å². The predicted molar refractivity (Wildman–Crippen MR) is 48.0 cm³/mol. The second-order valence-electron chi connectivity index (χ2n) is 2.95. The molecule has 1 rings (SSSR count). The Morgan fingerprint density at radius 3 is 2.42 bits per heavy atom. The lowest BCUT2D eigenvalue weighted by Crippen LogP contribution is -2.35. The molecule has 0 atom stereocenters. The summed E-state index contributed by atoms with van der Waals surface area (Å²) in [5.74, 6) is 0. The minimum absolute atomic E-state index is 0.120. The molecule has 0 bridgehead atoms. The fraction of sp³-hybridized carbons (Fsp3) is 0.778. The van der Waals surface area contributed by atoms with Crippen LogP contribution >= 0.6 is 0 Å². The van der Waals surface area contributed by atoms with E-state index in [4.69, 9.17) is 9.47 Å². The molecule has 0 aromatic heterocycles. The van der Waals surface area contributed by atoms with E-state index in [-0.39, 0.29) is 6.29 Å². The third-order valence-electron chi connectivity index (χ3n) is 2.11. The van der Waals surface area contributed by atoms with Gasteiger partial charge in [0.1, 0.15) is 0 Å². The van der Waals surface area contributed by atoms with Gasteiger partial charge in [0.15, 0.2) is 6.29 Å². The number of rotatable bonds is 5. The lowest BCUT2D eigenvalue weighted by atomic mass is 10.2. The van der Waals surface area contributed by atoms with Crippen molar-refractivity contribution in [1.29, 1.82) is 0 Å². The number of methoxy groups -OCH3 is 2. The van der Waals surface area contributed by atoms with Crippen molar-refractivity contribution in [3.8, 4) is 0 Å². The van der Waals surface area contributed by atoms with Gasteiger partial charge in [-0.25, -0.2) is 0 Å². The van der Waals surface area contributed by atoms with Gasteiger partial charge in [-0.1, -0.05) is 12.2 Å². The number of nitrogens with one attached hydrogen (secondary N) is 1. The Morgan fingerprint density at radius 1 is 1.33 bits per heavy atom. The molecule has 0 aliphatic heterocycles. The lowest BCUT2D eigenvalue weighted by molar-refractivity contribution is -0.0997. The normalized spacial score (nSPS) is 17.9. The van der Waals surface area contributed by atoms with E-state index in [1.807, 2.05) is 0 Å². The molecule has 0 saturated heterocycles. The van der Waals surface area contributed by atoms with E-state index in [0.717, 1.165) is 19.4 Å². The van der Waals surface area contributed by atoms with E-state index in [9.17, 15) is 0 Å². The zero-order valence-electron chi connectivity index (χ0n) is 7.75. The van der Waals surface area contributed by atoms with Crippen LogP contribution in [0.2, 0.25) is 0 Å². The van der Waals surface area contributed by atoms with Gasteiger partial charge < -0.3 is 14.8 Å². The Balaban J connectivity index is 2.07. The smallest absolute Gasteiger partial charge is 0.169 e. The minimum Gasteiger partial charge on any atom is -0.355 e.